The zero-order chi connectivity index (χ0) is 22.9. The average molecular weight is 430 g/mol. The second-order valence-corrected chi connectivity index (χ2v) is 10.6. The Balaban J connectivity index is 1.80. The molecule has 1 saturated heterocycles. The van der Waals surface area contributed by atoms with Crippen molar-refractivity contribution in [1.82, 2.24) is 5.32 Å². The van der Waals surface area contributed by atoms with Crippen molar-refractivity contribution >= 4 is 11.7 Å². The fourth-order valence-corrected chi connectivity index (χ4v) is 6.66. The minimum atomic E-state index is -1.44. The molecule has 0 aromatic rings. The van der Waals surface area contributed by atoms with E-state index in [1.165, 1.54) is 6.08 Å². The lowest BCUT2D eigenvalue weighted by Gasteiger charge is -2.52. The summed E-state index contributed by atoms with van der Waals surface area (Å²) in [7, 11) is 0. The predicted octanol–water partition coefficient (Wildman–Crippen LogP) is 2.80. The molecule has 4 aliphatic rings. The summed E-state index contributed by atoms with van der Waals surface area (Å²) < 4.78 is 6.48. The lowest BCUT2D eigenvalue weighted by molar-refractivity contribution is -0.193. The number of hydrogen-bond donors (Lipinski definition) is 3. The summed E-state index contributed by atoms with van der Waals surface area (Å²) in [4.78, 5) is 25.6. The number of ketones is 1. The maximum atomic E-state index is 13.9. The van der Waals surface area contributed by atoms with Crippen LogP contribution < -0.4 is 5.32 Å². The van der Waals surface area contributed by atoms with Gasteiger partial charge in [-0.05, 0) is 64.4 Å². The molecule has 0 spiro atoms. The molecule has 4 rings (SSSR count). The zero-order valence-electron chi connectivity index (χ0n) is 19.4. The van der Waals surface area contributed by atoms with Gasteiger partial charge >= 0.3 is 0 Å². The molecule has 3 fully saturated rings. The van der Waals surface area contributed by atoms with Gasteiger partial charge in [0.15, 0.2) is 5.78 Å². The van der Waals surface area contributed by atoms with Gasteiger partial charge in [0.1, 0.15) is 17.3 Å². The second kappa shape index (κ2) is 7.12. The Labute approximate surface area is 184 Å². The molecule has 2 aliphatic heterocycles. The first-order valence-electron chi connectivity index (χ1n) is 11.4. The van der Waals surface area contributed by atoms with E-state index >= 15 is 0 Å². The number of amides is 1. The van der Waals surface area contributed by atoms with Crippen molar-refractivity contribution in [2.24, 2.45) is 23.7 Å². The third kappa shape index (κ3) is 3.02. The van der Waals surface area contributed by atoms with Gasteiger partial charge < -0.3 is 20.3 Å². The van der Waals surface area contributed by atoms with Crippen LogP contribution >= 0.6 is 0 Å². The molecule has 8 atom stereocenters. The van der Waals surface area contributed by atoms with E-state index in [9.17, 15) is 19.8 Å². The first kappa shape index (κ1) is 22.4. The Morgan fingerprint density at radius 1 is 1.26 bits per heavy atom. The molecule has 2 heterocycles. The van der Waals surface area contributed by atoms with Gasteiger partial charge in [0, 0.05) is 17.7 Å². The topological polar surface area (TPSA) is 95.9 Å². The monoisotopic (exact) mass is 429 g/mol. The number of fused-ring (bicyclic) bond motifs is 2. The van der Waals surface area contributed by atoms with Gasteiger partial charge in [0.2, 0.25) is 5.91 Å². The van der Waals surface area contributed by atoms with Crippen LogP contribution in [-0.2, 0) is 14.3 Å². The molecule has 1 amide bonds. The summed E-state index contributed by atoms with van der Waals surface area (Å²) in [5.74, 6) is -2.06. The van der Waals surface area contributed by atoms with Crippen LogP contribution in [0.5, 0.6) is 0 Å². The number of Topliss-reactive ketones (excluding diaryl/α,β-unsaturated/α-hetero) is 1. The van der Waals surface area contributed by atoms with E-state index < -0.39 is 28.8 Å². The van der Waals surface area contributed by atoms with Crippen LogP contribution in [0, 0.1) is 23.7 Å². The van der Waals surface area contributed by atoms with Crippen LogP contribution in [0.15, 0.2) is 35.1 Å². The van der Waals surface area contributed by atoms with E-state index in [2.05, 4.69) is 5.32 Å². The van der Waals surface area contributed by atoms with Gasteiger partial charge in [0.05, 0.1) is 11.5 Å². The Kier molecular flexibility index (Phi) is 5.15. The molecule has 3 N–H and O–H groups in total. The summed E-state index contributed by atoms with van der Waals surface area (Å²) in [5, 5.41) is 26.6. The van der Waals surface area contributed by atoms with E-state index in [1.807, 2.05) is 53.7 Å². The molecule has 31 heavy (non-hydrogen) atoms. The van der Waals surface area contributed by atoms with Gasteiger partial charge in [-0.2, -0.15) is 0 Å². The molecule has 0 radical (unpaired) electrons. The third-order valence-electron chi connectivity index (χ3n) is 8.37. The third-order valence-corrected chi connectivity index (χ3v) is 8.37. The van der Waals surface area contributed by atoms with Crippen LogP contribution in [0.3, 0.4) is 0 Å². The number of carbonyl (C=O) groups is 2. The number of rotatable bonds is 3. The molecular formula is C25H35NO5. The Bertz CT molecular complexity index is 915. The van der Waals surface area contributed by atoms with E-state index in [0.29, 0.717) is 12.1 Å². The SMILES string of the molecule is CC(C)=C[C@H]1O[C@@](C)(C/C=C2\NC(=O)C=C2C)[C@@H]2C(=O)[C@@]3(O)[C@@H](C)CC[C@H]3[C@H](C)[C@@]21O. The van der Waals surface area contributed by atoms with Gasteiger partial charge in [0.25, 0.3) is 0 Å². The molecule has 6 nitrogen and oxygen atoms in total. The van der Waals surface area contributed by atoms with E-state index in [0.717, 1.165) is 24.0 Å². The first-order valence-corrected chi connectivity index (χ1v) is 11.4. The van der Waals surface area contributed by atoms with Gasteiger partial charge in [-0.3, -0.25) is 9.59 Å². The smallest absolute Gasteiger partial charge is 0.248 e. The maximum Gasteiger partial charge on any atom is 0.248 e. The highest BCUT2D eigenvalue weighted by atomic mass is 16.5. The van der Waals surface area contributed by atoms with Crippen molar-refractivity contribution in [3.63, 3.8) is 0 Å². The maximum absolute atomic E-state index is 13.9. The molecular weight excluding hydrogens is 394 g/mol. The lowest BCUT2D eigenvalue weighted by Crippen LogP contribution is -2.69. The number of hydrogen-bond acceptors (Lipinski definition) is 5. The second-order valence-electron chi connectivity index (χ2n) is 10.6. The van der Waals surface area contributed by atoms with E-state index in [4.69, 9.17) is 4.74 Å². The summed E-state index contributed by atoms with van der Waals surface area (Å²) >= 11 is 0. The van der Waals surface area contributed by atoms with Crippen LogP contribution in [0.4, 0.5) is 0 Å². The van der Waals surface area contributed by atoms with Crippen LogP contribution in [-0.4, -0.2) is 44.8 Å². The summed E-state index contributed by atoms with van der Waals surface area (Å²) in [6.45, 7) is 11.5. The van der Waals surface area contributed by atoms with Crippen molar-refractivity contribution in [3.05, 3.63) is 35.1 Å². The largest absolute Gasteiger partial charge is 0.386 e. The molecule has 2 saturated carbocycles. The number of ether oxygens (including phenoxy) is 1. The van der Waals surface area contributed by atoms with Crippen molar-refractivity contribution in [3.8, 4) is 0 Å². The summed E-state index contributed by atoms with van der Waals surface area (Å²) in [6, 6.07) is 0. The van der Waals surface area contributed by atoms with Crippen LogP contribution in [0.1, 0.15) is 60.8 Å². The van der Waals surface area contributed by atoms with Crippen molar-refractivity contribution in [2.45, 2.75) is 83.7 Å². The van der Waals surface area contributed by atoms with Crippen molar-refractivity contribution < 1.29 is 24.5 Å². The first-order chi connectivity index (χ1) is 14.4. The lowest BCUT2D eigenvalue weighted by atomic mass is 9.53. The summed E-state index contributed by atoms with van der Waals surface area (Å²) in [5.41, 5.74) is -1.32. The van der Waals surface area contributed by atoms with Gasteiger partial charge in [-0.25, -0.2) is 0 Å². The molecule has 6 heteroatoms. The number of allylic oxidation sites excluding steroid dienone is 2. The van der Waals surface area contributed by atoms with Crippen molar-refractivity contribution in [1.29, 1.82) is 0 Å². The summed E-state index contributed by atoms with van der Waals surface area (Å²) in [6.07, 6.45) is 6.49. The van der Waals surface area contributed by atoms with E-state index in [1.54, 1.807) is 0 Å². The highest BCUT2D eigenvalue weighted by molar-refractivity contribution is 5.95. The number of carbonyl (C=O) groups excluding carboxylic acids is 2. The van der Waals surface area contributed by atoms with Gasteiger partial charge in [-0.15, -0.1) is 0 Å². The number of aliphatic hydroxyl groups is 2. The quantitative estimate of drug-likeness (QED) is 0.600. The molecule has 2 aliphatic carbocycles. The standard InChI is InChI=1S/C25H35NO5/c1-13(2)11-19-25(30)16(5)17-8-7-15(4)24(17,29)22(28)21(25)23(6,31-19)10-9-18-14(3)12-20(27)26-18/h9,11-12,15-17,19,21,29-30H,7-8,10H2,1-6H3,(H,26,27)/b18-9-/t15-,16-,17-,19+,21-,23-,24+,25-/m0/s1. The Morgan fingerprint density at radius 3 is 2.52 bits per heavy atom. The predicted molar refractivity (Wildman–Crippen MR) is 117 cm³/mol. The zero-order valence-corrected chi connectivity index (χ0v) is 19.4. The minimum absolute atomic E-state index is 0.151. The molecule has 170 valence electrons. The van der Waals surface area contributed by atoms with Crippen LogP contribution in [0.25, 0.3) is 0 Å². The fourth-order valence-electron chi connectivity index (χ4n) is 6.66. The Hall–Kier alpha value is -1.76. The fraction of sp³-hybridized carbons (Fsp3) is 0.680. The van der Waals surface area contributed by atoms with E-state index in [-0.39, 0.29) is 29.4 Å². The number of nitrogens with one attached hydrogen (secondary N) is 1. The minimum Gasteiger partial charge on any atom is -0.386 e. The van der Waals surface area contributed by atoms with Crippen LogP contribution in [0.2, 0.25) is 0 Å². The molecule has 0 aromatic heterocycles. The van der Waals surface area contributed by atoms with Gasteiger partial charge in [-0.1, -0.05) is 31.6 Å². The average Bonchev–Trinajstić information content (AvgIpc) is 3.23. The molecule has 0 bridgehead atoms. The molecule has 0 unspecified atom stereocenters. The van der Waals surface area contributed by atoms with Crippen molar-refractivity contribution in [2.75, 3.05) is 0 Å². The normalized spacial score (nSPS) is 47.8. The molecule has 0 aromatic carbocycles. The highest BCUT2D eigenvalue weighted by Crippen LogP contribution is 2.62. The Morgan fingerprint density at radius 2 is 1.94 bits per heavy atom. The highest BCUT2D eigenvalue weighted by Gasteiger charge is 2.75.